The Morgan fingerprint density at radius 2 is 1.62 bits per heavy atom. The van der Waals surface area contributed by atoms with E-state index in [2.05, 4.69) is 35.0 Å². The maximum atomic E-state index is 12.1. The van der Waals surface area contributed by atoms with Crippen LogP contribution in [0.4, 0.5) is 11.4 Å². The molecule has 2 aromatic rings. The molecule has 0 saturated heterocycles. The van der Waals surface area contributed by atoms with E-state index in [4.69, 9.17) is 0 Å². The number of anilines is 2. The van der Waals surface area contributed by atoms with Gasteiger partial charge in [0.15, 0.2) is 0 Å². The summed E-state index contributed by atoms with van der Waals surface area (Å²) in [6.45, 7) is 7.68. The second-order valence-corrected chi connectivity index (χ2v) is 7.11. The summed E-state index contributed by atoms with van der Waals surface area (Å²) >= 11 is 0. The summed E-state index contributed by atoms with van der Waals surface area (Å²) in [5, 5.41) is 9.09. The van der Waals surface area contributed by atoms with Crippen LogP contribution in [0, 0.1) is 6.92 Å². The second kappa shape index (κ2) is 10.2. The molecule has 152 valence electrons. The number of amides is 3. The minimum Gasteiger partial charge on any atom is -0.326 e. The molecule has 0 aliphatic rings. The molecule has 0 bridgehead atoms. The van der Waals surface area contributed by atoms with Crippen LogP contribution in [0.3, 0.4) is 0 Å². The van der Waals surface area contributed by atoms with E-state index in [0.29, 0.717) is 23.0 Å². The quantitative estimate of drug-likeness (QED) is 0.397. The average molecular weight is 394 g/mol. The molecule has 0 aliphatic heterocycles. The summed E-state index contributed by atoms with van der Waals surface area (Å²) in [5.41, 5.74) is 5.89. The number of carbonyl (C=O) groups excluding carboxylic acids is 3. The van der Waals surface area contributed by atoms with Crippen molar-refractivity contribution in [3.05, 3.63) is 59.7 Å². The third-order valence-corrected chi connectivity index (χ3v) is 4.11. The number of hydrogen-bond donors (Lipinski definition) is 3. The fraction of sp³-hybridized carbons (Fsp3) is 0.273. The Balaban J connectivity index is 1.83. The van der Waals surface area contributed by atoms with Crippen molar-refractivity contribution in [3.63, 3.8) is 0 Å². The number of nitrogens with zero attached hydrogens (tertiary/aromatic N) is 1. The van der Waals surface area contributed by atoms with Gasteiger partial charge in [-0.15, -0.1) is 0 Å². The van der Waals surface area contributed by atoms with Gasteiger partial charge in [-0.1, -0.05) is 38.1 Å². The Hall–Kier alpha value is -3.48. The van der Waals surface area contributed by atoms with Gasteiger partial charge in [-0.05, 0) is 55.2 Å². The van der Waals surface area contributed by atoms with Crippen LogP contribution in [-0.4, -0.2) is 23.4 Å². The van der Waals surface area contributed by atoms with E-state index in [1.165, 1.54) is 5.56 Å². The molecular formula is C22H26N4O3. The highest BCUT2D eigenvalue weighted by atomic mass is 16.2. The van der Waals surface area contributed by atoms with Crippen LogP contribution < -0.4 is 16.1 Å². The number of carbonyl (C=O) groups is 3. The average Bonchev–Trinajstić information content (AvgIpc) is 2.66. The summed E-state index contributed by atoms with van der Waals surface area (Å²) in [6.07, 6.45) is -0.00822. The van der Waals surface area contributed by atoms with E-state index in [9.17, 15) is 14.4 Å². The van der Waals surface area contributed by atoms with Crippen LogP contribution in [0.5, 0.6) is 0 Å². The molecule has 29 heavy (non-hydrogen) atoms. The molecule has 0 spiro atoms. The van der Waals surface area contributed by atoms with Crippen molar-refractivity contribution in [1.29, 1.82) is 0 Å². The van der Waals surface area contributed by atoms with E-state index in [-0.39, 0.29) is 12.3 Å². The minimum absolute atomic E-state index is 0.00822. The predicted octanol–water partition coefficient (Wildman–Crippen LogP) is 3.58. The van der Waals surface area contributed by atoms with Gasteiger partial charge in [0.1, 0.15) is 0 Å². The first kappa shape index (κ1) is 21.8. The Morgan fingerprint density at radius 1 is 0.931 bits per heavy atom. The zero-order chi connectivity index (χ0) is 21.4. The molecule has 0 aliphatic carbocycles. The van der Waals surface area contributed by atoms with Crippen LogP contribution in [0.25, 0.3) is 0 Å². The summed E-state index contributed by atoms with van der Waals surface area (Å²) in [4.78, 5) is 35.9. The van der Waals surface area contributed by atoms with Crippen molar-refractivity contribution in [2.24, 2.45) is 5.10 Å². The Labute approximate surface area is 170 Å². The first-order chi connectivity index (χ1) is 13.7. The van der Waals surface area contributed by atoms with E-state index in [1.807, 2.05) is 37.3 Å². The molecule has 3 amide bonds. The van der Waals surface area contributed by atoms with E-state index in [0.717, 1.165) is 5.56 Å². The van der Waals surface area contributed by atoms with Gasteiger partial charge in [0.2, 0.25) is 5.91 Å². The first-order valence-corrected chi connectivity index (χ1v) is 9.35. The Kier molecular flexibility index (Phi) is 7.65. The van der Waals surface area contributed by atoms with Gasteiger partial charge in [-0.2, -0.15) is 5.10 Å². The van der Waals surface area contributed by atoms with Gasteiger partial charge < -0.3 is 10.6 Å². The fourth-order valence-corrected chi connectivity index (χ4v) is 2.54. The van der Waals surface area contributed by atoms with Crippen molar-refractivity contribution < 1.29 is 14.4 Å². The molecule has 0 aromatic heterocycles. The molecule has 2 aromatic carbocycles. The van der Waals surface area contributed by atoms with Gasteiger partial charge in [0.05, 0.1) is 6.42 Å². The molecule has 2 rings (SSSR count). The molecule has 7 nitrogen and oxygen atoms in total. The fourth-order valence-electron chi connectivity index (χ4n) is 2.54. The number of aryl methyl sites for hydroxylation is 1. The Bertz CT molecular complexity index is 918. The van der Waals surface area contributed by atoms with Gasteiger partial charge in [-0.25, -0.2) is 5.43 Å². The third-order valence-electron chi connectivity index (χ3n) is 4.11. The molecule has 0 unspecified atom stereocenters. The van der Waals surface area contributed by atoms with Gasteiger partial charge in [-0.3, -0.25) is 14.4 Å². The largest absolute Gasteiger partial charge is 0.329 e. The highest BCUT2D eigenvalue weighted by Gasteiger charge is 2.13. The van der Waals surface area contributed by atoms with E-state index < -0.39 is 11.8 Å². The lowest BCUT2D eigenvalue weighted by Gasteiger charge is -2.08. The molecule has 0 fully saturated rings. The second-order valence-electron chi connectivity index (χ2n) is 7.11. The highest BCUT2D eigenvalue weighted by molar-refractivity contribution is 6.39. The van der Waals surface area contributed by atoms with Gasteiger partial charge in [0, 0.05) is 17.1 Å². The zero-order valence-electron chi connectivity index (χ0n) is 17.1. The molecule has 0 atom stereocenters. The lowest BCUT2D eigenvalue weighted by atomic mass is 10.0. The van der Waals surface area contributed by atoms with Crippen LogP contribution in [0.2, 0.25) is 0 Å². The minimum atomic E-state index is -0.907. The van der Waals surface area contributed by atoms with Crippen molar-refractivity contribution in [1.82, 2.24) is 5.43 Å². The lowest BCUT2D eigenvalue weighted by Crippen LogP contribution is -2.33. The summed E-state index contributed by atoms with van der Waals surface area (Å²) in [5.74, 6) is -1.58. The predicted molar refractivity (Wildman–Crippen MR) is 115 cm³/mol. The Morgan fingerprint density at radius 3 is 2.24 bits per heavy atom. The first-order valence-electron chi connectivity index (χ1n) is 9.35. The van der Waals surface area contributed by atoms with Gasteiger partial charge in [0.25, 0.3) is 0 Å². The highest BCUT2D eigenvalue weighted by Crippen LogP contribution is 2.17. The molecule has 0 radical (unpaired) electrons. The SMILES string of the molecule is C/C(CC(=O)Nc1ccc(C(C)C)cc1)=N/NC(=O)C(=O)Nc1cccc(C)c1. The number of hydrazone groups is 1. The van der Waals surface area contributed by atoms with Crippen molar-refractivity contribution in [2.45, 2.75) is 40.0 Å². The van der Waals surface area contributed by atoms with E-state index in [1.54, 1.807) is 25.1 Å². The van der Waals surface area contributed by atoms with Gasteiger partial charge >= 0.3 is 11.8 Å². The van der Waals surface area contributed by atoms with Crippen molar-refractivity contribution in [2.75, 3.05) is 10.6 Å². The molecule has 3 N–H and O–H groups in total. The lowest BCUT2D eigenvalue weighted by molar-refractivity contribution is -0.136. The van der Waals surface area contributed by atoms with Crippen molar-refractivity contribution in [3.8, 4) is 0 Å². The molecular weight excluding hydrogens is 368 g/mol. The number of nitrogens with one attached hydrogen (secondary N) is 3. The maximum Gasteiger partial charge on any atom is 0.329 e. The number of hydrogen-bond acceptors (Lipinski definition) is 4. The van der Waals surface area contributed by atoms with Crippen LogP contribution in [0.1, 0.15) is 44.2 Å². The summed E-state index contributed by atoms with van der Waals surface area (Å²) in [7, 11) is 0. The number of rotatable bonds is 6. The van der Waals surface area contributed by atoms with Crippen LogP contribution in [-0.2, 0) is 14.4 Å². The van der Waals surface area contributed by atoms with Crippen molar-refractivity contribution >= 4 is 34.8 Å². The topological polar surface area (TPSA) is 99.7 Å². The molecule has 7 heteroatoms. The maximum absolute atomic E-state index is 12.1. The van der Waals surface area contributed by atoms with Crippen LogP contribution >= 0.6 is 0 Å². The summed E-state index contributed by atoms with van der Waals surface area (Å²) in [6, 6.07) is 14.7. The smallest absolute Gasteiger partial charge is 0.326 e. The summed E-state index contributed by atoms with van der Waals surface area (Å²) < 4.78 is 0. The number of benzene rings is 2. The van der Waals surface area contributed by atoms with E-state index >= 15 is 0 Å². The third kappa shape index (κ3) is 7.21. The molecule has 0 heterocycles. The molecule has 0 saturated carbocycles. The standard InChI is InChI=1S/C22H26N4O3/c1-14(2)17-8-10-18(11-9-17)23-20(27)13-16(4)25-26-22(29)21(28)24-19-7-5-6-15(3)12-19/h5-12,14H,13H2,1-4H3,(H,23,27)(H,24,28)(H,26,29)/b25-16-. The zero-order valence-corrected chi connectivity index (χ0v) is 17.1. The normalized spacial score (nSPS) is 11.1. The monoisotopic (exact) mass is 394 g/mol. The van der Waals surface area contributed by atoms with Crippen LogP contribution in [0.15, 0.2) is 53.6 Å².